The Kier molecular flexibility index (Phi) is 4.16. The van der Waals surface area contributed by atoms with Crippen molar-refractivity contribution in [3.05, 3.63) is 65.2 Å². The van der Waals surface area contributed by atoms with Crippen molar-refractivity contribution in [1.29, 1.82) is 0 Å². The number of aryl methyl sites for hydroxylation is 1. The number of rotatable bonds is 2. The number of carbonyl (C=O) groups excluding carboxylic acids is 1. The molecule has 1 aliphatic rings. The Morgan fingerprint density at radius 1 is 1.04 bits per heavy atom. The molecule has 1 aliphatic heterocycles. The van der Waals surface area contributed by atoms with Gasteiger partial charge in [0.25, 0.3) is 0 Å². The quantitative estimate of drug-likeness (QED) is 0.577. The second-order valence-electron chi connectivity index (χ2n) is 5.61. The fourth-order valence-electron chi connectivity index (χ4n) is 2.77. The molecule has 0 bridgehead atoms. The van der Waals surface area contributed by atoms with Crippen LogP contribution >= 0.6 is 15.9 Å². The summed E-state index contributed by atoms with van der Waals surface area (Å²) in [5.41, 5.74) is 2.22. The minimum absolute atomic E-state index is 0.187. The molecule has 0 aliphatic carbocycles. The van der Waals surface area contributed by atoms with Gasteiger partial charge in [-0.05, 0) is 31.5 Å². The summed E-state index contributed by atoms with van der Waals surface area (Å²) >= 11 is 3.46. The number of benzene rings is 2. The van der Waals surface area contributed by atoms with E-state index in [0.717, 1.165) is 5.56 Å². The maximum absolute atomic E-state index is 13.0. The maximum atomic E-state index is 13.0. The van der Waals surface area contributed by atoms with Crippen LogP contribution in [0.25, 0.3) is 0 Å². The lowest BCUT2D eigenvalue weighted by molar-refractivity contribution is 0.0882. The summed E-state index contributed by atoms with van der Waals surface area (Å²) in [5, 5.41) is 0. The van der Waals surface area contributed by atoms with Gasteiger partial charge in [0, 0.05) is 5.56 Å². The third-order valence-corrected chi connectivity index (χ3v) is 7.22. The lowest BCUT2D eigenvalue weighted by atomic mass is 9.95. The predicted molar refractivity (Wildman–Crippen MR) is 92.1 cm³/mol. The summed E-state index contributed by atoms with van der Waals surface area (Å²) in [6.45, 7) is 3.52. The van der Waals surface area contributed by atoms with Crippen LogP contribution in [0, 0.1) is 6.92 Å². The molecule has 1 heterocycles. The largest absolute Gasteiger partial charge is 0.292 e. The summed E-state index contributed by atoms with van der Waals surface area (Å²) in [7, 11) is -3.79. The molecule has 2 atom stereocenters. The number of halogens is 1. The van der Waals surface area contributed by atoms with Crippen LogP contribution in [0.15, 0.2) is 53.4 Å². The molecule has 0 aromatic heterocycles. The summed E-state index contributed by atoms with van der Waals surface area (Å²) in [6, 6.07) is 13.0. The van der Waals surface area contributed by atoms with Gasteiger partial charge in [0.15, 0.2) is 5.78 Å². The van der Waals surface area contributed by atoms with E-state index in [1.807, 2.05) is 6.92 Å². The number of carbonyl (C=O) groups is 1. The third kappa shape index (κ3) is 2.65. The highest BCUT2D eigenvalue weighted by Crippen LogP contribution is 2.40. The molecule has 0 N–H and O–H groups in total. The first-order chi connectivity index (χ1) is 10.8. The Morgan fingerprint density at radius 3 is 2.30 bits per heavy atom. The first-order valence-electron chi connectivity index (χ1n) is 7.21. The van der Waals surface area contributed by atoms with Gasteiger partial charge < -0.3 is 0 Å². The summed E-state index contributed by atoms with van der Waals surface area (Å²) in [6.07, 6.45) is 0. The normalized spacial score (nSPS) is 22.0. The van der Waals surface area contributed by atoms with Crippen LogP contribution in [-0.4, -0.2) is 24.5 Å². The lowest BCUT2D eigenvalue weighted by Gasteiger charge is -2.36. The molecule has 3 rings (SSSR count). The molecule has 6 heteroatoms. The zero-order valence-electron chi connectivity index (χ0n) is 12.7. The van der Waals surface area contributed by atoms with E-state index in [2.05, 4.69) is 15.9 Å². The lowest BCUT2D eigenvalue weighted by Crippen LogP contribution is -2.47. The second kappa shape index (κ2) is 5.85. The summed E-state index contributed by atoms with van der Waals surface area (Å²) < 4.78 is 27.3. The van der Waals surface area contributed by atoms with E-state index in [9.17, 15) is 13.2 Å². The van der Waals surface area contributed by atoms with Gasteiger partial charge >= 0.3 is 0 Å². The molecule has 0 amide bonds. The second-order valence-corrected chi connectivity index (χ2v) is 8.32. The highest BCUT2D eigenvalue weighted by molar-refractivity contribution is 9.09. The Balaban J connectivity index is 2.12. The van der Waals surface area contributed by atoms with E-state index in [0.29, 0.717) is 11.1 Å². The van der Waals surface area contributed by atoms with Crippen molar-refractivity contribution in [2.75, 3.05) is 0 Å². The maximum Gasteiger partial charge on any atom is 0.245 e. The molecule has 2 aromatic rings. The number of ketones is 1. The highest BCUT2D eigenvalue weighted by Gasteiger charge is 2.43. The van der Waals surface area contributed by atoms with Gasteiger partial charge in [-0.1, -0.05) is 57.9 Å². The van der Waals surface area contributed by atoms with Crippen LogP contribution in [-0.2, 0) is 10.0 Å². The van der Waals surface area contributed by atoms with E-state index in [1.54, 1.807) is 55.5 Å². The van der Waals surface area contributed by atoms with Crippen molar-refractivity contribution in [2.45, 2.75) is 29.7 Å². The van der Waals surface area contributed by atoms with Gasteiger partial charge in [-0.2, -0.15) is 4.31 Å². The summed E-state index contributed by atoms with van der Waals surface area (Å²) in [5.74, 6) is -0.188. The SMILES string of the molecule is Cc1ccc(S(=O)(=O)N2C(C)C(=O)c3ccccc3C2Br)cc1. The Morgan fingerprint density at radius 2 is 1.65 bits per heavy atom. The zero-order chi connectivity index (χ0) is 16.8. The van der Waals surface area contributed by atoms with Crippen LogP contribution in [0.1, 0.15) is 33.4 Å². The van der Waals surface area contributed by atoms with Gasteiger partial charge in [0.2, 0.25) is 10.0 Å². The van der Waals surface area contributed by atoms with Crippen molar-refractivity contribution < 1.29 is 13.2 Å². The third-order valence-electron chi connectivity index (χ3n) is 4.06. The van der Waals surface area contributed by atoms with E-state index in [-0.39, 0.29) is 10.7 Å². The van der Waals surface area contributed by atoms with E-state index >= 15 is 0 Å². The van der Waals surface area contributed by atoms with Gasteiger partial charge in [0.1, 0.15) is 4.95 Å². The molecule has 0 saturated carbocycles. The Labute approximate surface area is 144 Å². The van der Waals surface area contributed by atoms with Gasteiger partial charge in [-0.25, -0.2) is 8.42 Å². The minimum atomic E-state index is -3.79. The fourth-order valence-corrected chi connectivity index (χ4v) is 5.77. The smallest absolute Gasteiger partial charge is 0.245 e. The van der Waals surface area contributed by atoms with Crippen LogP contribution in [0.2, 0.25) is 0 Å². The number of Topliss-reactive ketones (excluding diaryl/α,β-unsaturated/α-hetero) is 1. The molecule has 0 radical (unpaired) electrons. The Hall–Kier alpha value is -1.50. The Bertz CT molecular complexity index is 862. The molecule has 0 spiro atoms. The van der Waals surface area contributed by atoms with Crippen LogP contribution in [0.3, 0.4) is 0 Å². The van der Waals surface area contributed by atoms with Crippen LogP contribution < -0.4 is 0 Å². The van der Waals surface area contributed by atoms with Crippen LogP contribution in [0.4, 0.5) is 0 Å². The minimum Gasteiger partial charge on any atom is -0.292 e. The van der Waals surface area contributed by atoms with E-state index in [4.69, 9.17) is 0 Å². The molecule has 0 saturated heterocycles. The standard InChI is InChI=1S/C17H16BrNO3S/c1-11-7-9-13(10-8-11)23(21,22)19-12(2)16(20)14-5-3-4-6-15(14)17(19)18/h3-10,12,17H,1-2H3. The molecule has 2 unspecified atom stereocenters. The fraction of sp³-hybridized carbons (Fsp3) is 0.235. The molecule has 120 valence electrons. The van der Waals surface area contributed by atoms with Gasteiger partial charge in [-0.3, -0.25) is 4.79 Å². The molecule has 0 fully saturated rings. The zero-order valence-corrected chi connectivity index (χ0v) is 15.1. The average molecular weight is 394 g/mol. The topological polar surface area (TPSA) is 54.5 Å². The van der Waals surface area contributed by atoms with Crippen molar-refractivity contribution in [1.82, 2.24) is 4.31 Å². The number of nitrogens with zero attached hydrogens (tertiary/aromatic N) is 1. The summed E-state index contributed by atoms with van der Waals surface area (Å²) in [4.78, 5) is 12.2. The van der Waals surface area contributed by atoms with E-state index < -0.39 is 21.0 Å². The van der Waals surface area contributed by atoms with Crippen molar-refractivity contribution >= 4 is 31.7 Å². The highest BCUT2D eigenvalue weighted by atomic mass is 79.9. The van der Waals surface area contributed by atoms with Gasteiger partial charge in [0.05, 0.1) is 10.9 Å². The van der Waals surface area contributed by atoms with Crippen LogP contribution in [0.5, 0.6) is 0 Å². The molecule has 23 heavy (non-hydrogen) atoms. The number of hydrogen-bond donors (Lipinski definition) is 0. The van der Waals surface area contributed by atoms with Crippen molar-refractivity contribution in [2.24, 2.45) is 0 Å². The molecule has 4 nitrogen and oxygen atoms in total. The first kappa shape index (κ1) is 16.4. The number of alkyl halides is 1. The molecule has 2 aromatic carbocycles. The monoisotopic (exact) mass is 393 g/mol. The predicted octanol–water partition coefficient (Wildman–Crippen LogP) is 3.66. The van der Waals surface area contributed by atoms with Crippen molar-refractivity contribution in [3.8, 4) is 0 Å². The van der Waals surface area contributed by atoms with Crippen molar-refractivity contribution in [3.63, 3.8) is 0 Å². The number of sulfonamides is 1. The molecular formula is C17H16BrNO3S. The first-order valence-corrected chi connectivity index (χ1v) is 9.57. The van der Waals surface area contributed by atoms with E-state index in [1.165, 1.54) is 4.31 Å². The number of hydrogen-bond acceptors (Lipinski definition) is 3. The number of fused-ring (bicyclic) bond motifs is 1. The average Bonchev–Trinajstić information content (AvgIpc) is 2.53. The van der Waals surface area contributed by atoms with Gasteiger partial charge in [-0.15, -0.1) is 0 Å². The molecular weight excluding hydrogens is 378 g/mol.